The number of hydrogen-bond acceptors (Lipinski definition) is 3. The van der Waals surface area contributed by atoms with Gasteiger partial charge in [-0.2, -0.15) is 5.10 Å². The van der Waals surface area contributed by atoms with Gasteiger partial charge in [0.2, 0.25) is 5.82 Å². The summed E-state index contributed by atoms with van der Waals surface area (Å²) < 4.78 is 1.50. The SMILES string of the molecule is CC(C)(C)n1ncnc1C(=O)Cl. The van der Waals surface area contributed by atoms with Gasteiger partial charge in [0.15, 0.2) is 0 Å². The molecule has 1 aromatic rings. The van der Waals surface area contributed by atoms with Crippen molar-refractivity contribution in [1.29, 1.82) is 0 Å². The minimum Gasteiger partial charge on any atom is -0.272 e. The van der Waals surface area contributed by atoms with Crippen LogP contribution in [0.4, 0.5) is 0 Å². The molecule has 5 heteroatoms. The van der Waals surface area contributed by atoms with Gasteiger partial charge in [0.05, 0.1) is 5.54 Å². The van der Waals surface area contributed by atoms with Crippen molar-refractivity contribution in [1.82, 2.24) is 14.8 Å². The molecule has 0 aliphatic carbocycles. The summed E-state index contributed by atoms with van der Waals surface area (Å²) in [6.45, 7) is 5.76. The molecule has 1 heterocycles. The van der Waals surface area contributed by atoms with E-state index in [0.717, 1.165) is 0 Å². The monoisotopic (exact) mass is 187 g/mol. The molecule has 4 nitrogen and oxygen atoms in total. The van der Waals surface area contributed by atoms with Gasteiger partial charge < -0.3 is 0 Å². The van der Waals surface area contributed by atoms with Crippen molar-refractivity contribution in [3.8, 4) is 0 Å². The first-order valence-corrected chi connectivity index (χ1v) is 3.91. The van der Waals surface area contributed by atoms with Gasteiger partial charge >= 0.3 is 0 Å². The molecule has 0 aliphatic heterocycles. The maximum atomic E-state index is 10.8. The van der Waals surface area contributed by atoms with Gasteiger partial charge in [0, 0.05) is 0 Å². The molecular formula is C7H10ClN3O. The van der Waals surface area contributed by atoms with E-state index < -0.39 is 5.24 Å². The molecule has 0 spiro atoms. The molecule has 1 rings (SSSR count). The first-order chi connectivity index (χ1) is 5.43. The number of halogens is 1. The summed E-state index contributed by atoms with van der Waals surface area (Å²) in [5.41, 5.74) is -0.267. The Morgan fingerprint density at radius 1 is 1.58 bits per heavy atom. The van der Waals surface area contributed by atoms with Crippen LogP contribution in [0.3, 0.4) is 0 Å². The molecule has 1 aromatic heterocycles. The zero-order chi connectivity index (χ0) is 9.35. The highest BCUT2D eigenvalue weighted by Gasteiger charge is 2.21. The highest BCUT2D eigenvalue weighted by Crippen LogP contribution is 2.14. The van der Waals surface area contributed by atoms with Crippen molar-refractivity contribution in [3.05, 3.63) is 12.2 Å². The summed E-state index contributed by atoms with van der Waals surface area (Å²) in [4.78, 5) is 14.6. The van der Waals surface area contributed by atoms with Crippen LogP contribution >= 0.6 is 11.6 Å². The van der Waals surface area contributed by atoms with Crippen LogP contribution < -0.4 is 0 Å². The zero-order valence-electron chi connectivity index (χ0n) is 7.21. The quantitative estimate of drug-likeness (QED) is 0.625. The summed E-state index contributed by atoms with van der Waals surface area (Å²) >= 11 is 5.29. The Hall–Kier alpha value is -0.900. The molecule has 0 aliphatic rings. The third-order valence-corrected chi connectivity index (χ3v) is 1.53. The fourth-order valence-electron chi connectivity index (χ4n) is 0.866. The molecule has 0 saturated heterocycles. The number of carbonyl (C=O) groups is 1. The zero-order valence-corrected chi connectivity index (χ0v) is 7.96. The molecule has 0 fully saturated rings. The molecule has 66 valence electrons. The van der Waals surface area contributed by atoms with E-state index in [4.69, 9.17) is 11.6 Å². The average molecular weight is 188 g/mol. The van der Waals surface area contributed by atoms with Crippen LogP contribution in [0.15, 0.2) is 6.33 Å². The van der Waals surface area contributed by atoms with E-state index in [1.807, 2.05) is 20.8 Å². The van der Waals surface area contributed by atoms with Gasteiger partial charge in [-0.15, -0.1) is 0 Å². The number of carbonyl (C=O) groups excluding carboxylic acids is 1. The van der Waals surface area contributed by atoms with Crippen LogP contribution in [-0.2, 0) is 5.54 Å². The lowest BCUT2D eigenvalue weighted by atomic mass is 10.1. The summed E-state index contributed by atoms with van der Waals surface area (Å²) in [6.07, 6.45) is 1.32. The third-order valence-electron chi connectivity index (χ3n) is 1.36. The van der Waals surface area contributed by atoms with Crippen molar-refractivity contribution < 1.29 is 4.79 Å². The van der Waals surface area contributed by atoms with E-state index in [0.29, 0.717) is 0 Å². The Kier molecular flexibility index (Phi) is 2.19. The van der Waals surface area contributed by atoms with Crippen molar-refractivity contribution in [2.45, 2.75) is 26.3 Å². The largest absolute Gasteiger partial charge is 0.289 e. The molecule has 0 unspecified atom stereocenters. The lowest BCUT2D eigenvalue weighted by Crippen LogP contribution is -2.26. The van der Waals surface area contributed by atoms with Crippen molar-refractivity contribution in [2.24, 2.45) is 0 Å². The predicted molar refractivity (Wildman–Crippen MR) is 45.2 cm³/mol. The fourth-order valence-corrected chi connectivity index (χ4v) is 0.995. The second kappa shape index (κ2) is 2.86. The van der Waals surface area contributed by atoms with Crippen LogP contribution in [0.1, 0.15) is 31.4 Å². The average Bonchev–Trinajstić information content (AvgIpc) is 2.30. The summed E-state index contributed by atoms with van der Waals surface area (Å²) in [5.74, 6) is 0.184. The molecule has 0 atom stereocenters. The van der Waals surface area contributed by atoms with E-state index in [2.05, 4.69) is 10.1 Å². The normalized spacial score (nSPS) is 11.7. The standard InChI is InChI=1S/C7H10ClN3O/c1-7(2,3)11-6(5(8)12)9-4-10-11/h4H,1-3H3. The molecule has 12 heavy (non-hydrogen) atoms. The van der Waals surface area contributed by atoms with Crippen LogP contribution in [0.5, 0.6) is 0 Å². The van der Waals surface area contributed by atoms with Gasteiger partial charge in [-0.1, -0.05) is 0 Å². The van der Waals surface area contributed by atoms with Gasteiger partial charge in [-0.3, -0.25) is 4.79 Å². The minimum absolute atomic E-state index is 0.184. The van der Waals surface area contributed by atoms with E-state index >= 15 is 0 Å². The molecule has 0 radical (unpaired) electrons. The Morgan fingerprint density at radius 3 is 2.50 bits per heavy atom. The summed E-state index contributed by atoms with van der Waals surface area (Å²) in [7, 11) is 0. The predicted octanol–water partition coefficient (Wildman–Crippen LogP) is 1.41. The highest BCUT2D eigenvalue weighted by molar-refractivity contribution is 6.67. The summed E-state index contributed by atoms with van der Waals surface area (Å²) in [5, 5.41) is 3.33. The lowest BCUT2D eigenvalue weighted by Gasteiger charge is -2.19. The topological polar surface area (TPSA) is 47.8 Å². The first-order valence-electron chi connectivity index (χ1n) is 3.53. The van der Waals surface area contributed by atoms with E-state index in [-0.39, 0.29) is 11.4 Å². The first kappa shape index (κ1) is 9.19. The Bertz CT molecular complexity index is 300. The van der Waals surface area contributed by atoms with Gasteiger partial charge in [-0.25, -0.2) is 9.67 Å². The molecule has 0 N–H and O–H groups in total. The summed E-state index contributed by atoms with van der Waals surface area (Å²) in [6, 6.07) is 0. The smallest absolute Gasteiger partial charge is 0.272 e. The van der Waals surface area contributed by atoms with Gasteiger partial charge in [-0.05, 0) is 32.4 Å². The molecule has 0 saturated carbocycles. The lowest BCUT2D eigenvalue weighted by molar-refractivity contribution is 0.106. The van der Waals surface area contributed by atoms with Crippen LogP contribution in [0.25, 0.3) is 0 Å². The van der Waals surface area contributed by atoms with Crippen molar-refractivity contribution in [3.63, 3.8) is 0 Å². The fraction of sp³-hybridized carbons (Fsp3) is 0.571. The Balaban J connectivity index is 3.17. The van der Waals surface area contributed by atoms with Crippen molar-refractivity contribution >= 4 is 16.8 Å². The maximum Gasteiger partial charge on any atom is 0.289 e. The Morgan fingerprint density at radius 2 is 2.17 bits per heavy atom. The number of hydrogen-bond donors (Lipinski definition) is 0. The maximum absolute atomic E-state index is 10.8. The van der Waals surface area contributed by atoms with E-state index in [9.17, 15) is 4.79 Å². The number of aromatic nitrogens is 3. The molecule has 0 amide bonds. The van der Waals surface area contributed by atoms with E-state index in [1.54, 1.807) is 0 Å². The number of nitrogens with zero attached hydrogens (tertiary/aromatic N) is 3. The van der Waals surface area contributed by atoms with Crippen LogP contribution in [0.2, 0.25) is 0 Å². The number of rotatable bonds is 1. The molecule has 0 bridgehead atoms. The molecule has 0 aromatic carbocycles. The van der Waals surface area contributed by atoms with Crippen LogP contribution in [-0.4, -0.2) is 20.0 Å². The Labute approximate surface area is 75.5 Å². The van der Waals surface area contributed by atoms with E-state index in [1.165, 1.54) is 11.0 Å². The minimum atomic E-state index is -0.581. The highest BCUT2D eigenvalue weighted by atomic mass is 35.5. The van der Waals surface area contributed by atoms with Crippen molar-refractivity contribution in [2.75, 3.05) is 0 Å². The second-order valence-corrected chi connectivity index (χ2v) is 3.78. The molecular weight excluding hydrogens is 178 g/mol. The third kappa shape index (κ3) is 1.64. The van der Waals surface area contributed by atoms with Gasteiger partial charge in [0.1, 0.15) is 6.33 Å². The van der Waals surface area contributed by atoms with Crippen LogP contribution in [0, 0.1) is 0 Å². The second-order valence-electron chi connectivity index (χ2n) is 3.44. The van der Waals surface area contributed by atoms with Gasteiger partial charge in [0.25, 0.3) is 5.24 Å².